The molecule has 31 heavy (non-hydrogen) atoms. The highest BCUT2D eigenvalue weighted by atomic mass is 16.5. The summed E-state index contributed by atoms with van der Waals surface area (Å²) in [6.45, 7) is 6.07. The smallest absolute Gasteiger partial charge is 0.254 e. The van der Waals surface area contributed by atoms with Gasteiger partial charge in [0.25, 0.3) is 5.91 Å². The maximum atomic E-state index is 13.4. The van der Waals surface area contributed by atoms with Crippen LogP contribution in [0, 0.1) is 6.92 Å². The van der Waals surface area contributed by atoms with E-state index in [0.29, 0.717) is 19.2 Å². The van der Waals surface area contributed by atoms with Gasteiger partial charge in [0.2, 0.25) is 0 Å². The van der Waals surface area contributed by atoms with E-state index < -0.39 is 0 Å². The van der Waals surface area contributed by atoms with E-state index in [1.165, 1.54) is 24.0 Å². The van der Waals surface area contributed by atoms with Gasteiger partial charge in [0.15, 0.2) is 0 Å². The van der Waals surface area contributed by atoms with Gasteiger partial charge in [0.1, 0.15) is 5.75 Å². The Kier molecular flexibility index (Phi) is 7.25. The molecule has 2 aromatic carbocycles. The normalized spacial score (nSPS) is 20.0. The summed E-state index contributed by atoms with van der Waals surface area (Å²) in [7, 11) is 1.69. The van der Waals surface area contributed by atoms with Gasteiger partial charge < -0.3 is 14.4 Å². The Bertz CT molecular complexity index is 844. The minimum Gasteiger partial charge on any atom is -0.497 e. The van der Waals surface area contributed by atoms with Crippen LogP contribution in [0.4, 0.5) is 0 Å². The van der Waals surface area contributed by atoms with Crippen molar-refractivity contribution < 1.29 is 14.3 Å². The zero-order valence-electron chi connectivity index (χ0n) is 18.8. The third-order valence-electron chi connectivity index (χ3n) is 6.51. The highest BCUT2D eigenvalue weighted by Gasteiger charge is 2.31. The Hall–Kier alpha value is -2.37. The second-order valence-electron chi connectivity index (χ2n) is 8.84. The lowest BCUT2D eigenvalue weighted by Gasteiger charge is -2.38. The summed E-state index contributed by atoms with van der Waals surface area (Å²) in [6.07, 6.45) is 4.65. The fourth-order valence-electron chi connectivity index (χ4n) is 4.72. The van der Waals surface area contributed by atoms with Gasteiger partial charge in [0.05, 0.1) is 19.8 Å². The van der Waals surface area contributed by atoms with Crippen molar-refractivity contribution in [2.75, 3.05) is 33.4 Å². The molecule has 0 bridgehead atoms. The van der Waals surface area contributed by atoms with Gasteiger partial charge in [-0.15, -0.1) is 0 Å². The predicted molar refractivity (Wildman–Crippen MR) is 122 cm³/mol. The summed E-state index contributed by atoms with van der Waals surface area (Å²) in [4.78, 5) is 17.9. The topological polar surface area (TPSA) is 42.0 Å². The first kappa shape index (κ1) is 21.8. The number of morpholine rings is 1. The lowest BCUT2D eigenvalue weighted by molar-refractivity contribution is -0.0468. The van der Waals surface area contributed by atoms with E-state index in [4.69, 9.17) is 9.47 Å². The van der Waals surface area contributed by atoms with Crippen molar-refractivity contribution in [3.8, 4) is 5.75 Å². The number of amides is 1. The summed E-state index contributed by atoms with van der Waals surface area (Å²) >= 11 is 0. The van der Waals surface area contributed by atoms with E-state index in [0.717, 1.165) is 43.8 Å². The molecule has 2 fully saturated rings. The van der Waals surface area contributed by atoms with E-state index in [1.54, 1.807) is 7.11 Å². The SMILES string of the molecule is COc1ccc(CN2CCO[C@H](CN(C(=O)c3ccc(C)cc3)C3CCCC3)C2)cc1. The molecule has 4 rings (SSSR count). The number of carbonyl (C=O) groups excluding carboxylic acids is 1. The van der Waals surface area contributed by atoms with Crippen molar-refractivity contribution in [3.05, 3.63) is 65.2 Å². The molecule has 0 N–H and O–H groups in total. The molecule has 1 amide bonds. The lowest BCUT2D eigenvalue weighted by Crippen LogP contribution is -2.50. The van der Waals surface area contributed by atoms with Gasteiger partial charge in [-0.3, -0.25) is 9.69 Å². The molecule has 1 atom stereocenters. The van der Waals surface area contributed by atoms with Gasteiger partial charge in [0, 0.05) is 37.8 Å². The standard InChI is InChI=1S/C26H34N2O3/c1-20-7-11-22(12-8-20)26(29)28(23-5-3-4-6-23)19-25-18-27(15-16-31-25)17-21-9-13-24(30-2)14-10-21/h7-14,23,25H,3-6,15-19H2,1-2H3/t25-/m0/s1. The number of carbonyl (C=O) groups is 1. The maximum absolute atomic E-state index is 13.4. The van der Waals surface area contributed by atoms with Crippen LogP contribution in [-0.4, -0.2) is 61.2 Å². The van der Waals surface area contributed by atoms with Crippen molar-refractivity contribution >= 4 is 5.91 Å². The molecule has 1 saturated heterocycles. The van der Waals surface area contributed by atoms with Crippen molar-refractivity contribution in [1.29, 1.82) is 0 Å². The Labute approximate surface area is 185 Å². The summed E-state index contributed by atoms with van der Waals surface area (Å²) in [5, 5.41) is 0. The summed E-state index contributed by atoms with van der Waals surface area (Å²) < 4.78 is 11.4. The molecule has 0 unspecified atom stereocenters. The number of ether oxygens (including phenoxy) is 2. The van der Waals surface area contributed by atoms with Gasteiger partial charge in [-0.05, 0) is 49.6 Å². The third kappa shape index (κ3) is 5.66. The Morgan fingerprint density at radius 2 is 1.81 bits per heavy atom. The summed E-state index contributed by atoms with van der Waals surface area (Å²) in [6, 6.07) is 16.5. The molecule has 2 aromatic rings. The van der Waals surface area contributed by atoms with E-state index in [2.05, 4.69) is 28.9 Å². The fraction of sp³-hybridized carbons (Fsp3) is 0.500. The minimum absolute atomic E-state index is 0.0435. The van der Waals surface area contributed by atoms with Gasteiger partial charge in [-0.2, -0.15) is 0 Å². The first-order valence-electron chi connectivity index (χ1n) is 11.5. The van der Waals surface area contributed by atoms with Crippen LogP contribution >= 0.6 is 0 Å². The first-order valence-corrected chi connectivity index (χ1v) is 11.5. The van der Waals surface area contributed by atoms with Crippen LogP contribution in [-0.2, 0) is 11.3 Å². The van der Waals surface area contributed by atoms with Crippen molar-refractivity contribution in [2.45, 2.75) is 51.3 Å². The Balaban J connectivity index is 1.42. The van der Waals surface area contributed by atoms with E-state index in [1.807, 2.05) is 36.4 Å². The van der Waals surface area contributed by atoms with Gasteiger partial charge >= 0.3 is 0 Å². The summed E-state index contributed by atoms with van der Waals surface area (Å²) in [5.41, 5.74) is 3.22. The van der Waals surface area contributed by atoms with E-state index >= 15 is 0 Å². The second-order valence-corrected chi connectivity index (χ2v) is 8.84. The highest BCUT2D eigenvalue weighted by Crippen LogP contribution is 2.26. The molecule has 2 aliphatic rings. The Morgan fingerprint density at radius 3 is 2.48 bits per heavy atom. The highest BCUT2D eigenvalue weighted by molar-refractivity contribution is 5.94. The van der Waals surface area contributed by atoms with Crippen molar-refractivity contribution in [1.82, 2.24) is 9.80 Å². The molecular weight excluding hydrogens is 388 g/mol. The van der Waals surface area contributed by atoms with Crippen LogP contribution in [0.25, 0.3) is 0 Å². The Morgan fingerprint density at radius 1 is 1.10 bits per heavy atom. The van der Waals surface area contributed by atoms with Crippen LogP contribution < -0.4 is 4.74 Å². The lowest BCUT2D eigenvalue weighted by atomic mass is 10.1. The zero-order chi connectivity index (χ0) is 21.6. The van der Waals surface area contributed by atoms with Gasteiger partial charge in [-0.1, -0.05) is 42.7 Å². The number of hydrogen-bond donors (Lipinski definition) is 0. The number of hydrogen-bond acceptors (Lipinski definition) is 4. The molecule has 1 heterocycles. The minimum atomic E-state index is 0.0435. The molecule has 166 valence electrons. The van der Waals surface area contributed by atoms with Crippen LogP contribution in [0.3, 0.4) is 0 Å². The largest absolute Gasteiger partial charge is 0.497 e. The van der Waals surface area contributed by atoms with E-state index in [9.17, 15) is 4.79 Å². The van der Waals surface area contributed by atoms with Crippen molar-refractivity contribution in [3.63, 3.8) is 0 Å². The van der Waals surface area contributed by atoms with Gasteiger partial charge in [-0.25, -0.2) is 0 Å². The monoisotopic (exact) mass is 422 g/mol. The number of benzene rings is 2. The number of nitrogens with zero attached hydrogens (tertiary/aromatic N) is 2. The third-order valence-corrected chi connectivity index (χ3v) is 6.51. The quantitative estimate of drug-likeness (QED) is 0.668. The molecule has 0 spiro atoms. The molecule has 1 aliphatic carbocycles. The molecular formula is C26H34N2O3. The number of aryl methyl sites for hydroxylation is 1. The molecule has 1 aliphatic heterocycles. The average Bonchev–Trinajstić information content (AvgIpc) is 3.33. The molecule has 5 heteroatoms. The van der Waals surface area contributed by atoms with Crippen LogP contribution in [0.15, 0.2) is 48.5 Å². The predicted octanol–water partition coefficient (Wildman–Crippen LogP) is 4.29. The zero-order valence-corrected chi connectivity index (χ0v) is 18.8. The molecule has 1 saturated carbocycles. The molecule has 5 nitrogen and oxygen atoms in total. The fourth-order valence-corrected chi connectivity index (χ4v) is 4.72. The van der Waals surface area contributed by atoms with Crippen LogP contribution in [0.1, 0.15) is 47.2 Å². The van der Waals surface area contributed by atoms with E-state index in [-0.39, 0.29) is 12.0 Å². The van der Waals surface area contributed by atoms with Crippen LogP contribution in [0.2, 0.25) is 0 Å². The maximum Gasteiger partial charge on any atom is 0.254 e. The first-order chi connectivity index (χ1) is 15.1. The average molecular weight is 423 g/mol. The molecule has 0 aromatic heterocycles. The second kappa shape index (κ2) is 10.3. The van der Waals surface area contributed by atoms with Crippen LogP contribution in [0.5, 0.6) is 5.75 Å². The number of rotatable bonds is 7. The number of methoxy groups -OCH3 is 1. The molecule has 0 radical (unpaired) electrons. The summed E-state index contributed by atoms with van der Waals surface area (Å²) in [5.74, 6) is 1.02. The van der Waals surface area contributed by atoms with Crippen molar-refractivity contribution in [2.24, 2.45) is 0 Å².